The summed E-state index contributed by atoms with van der Waals surface area (Å²) in [5.41, 5.74) is 1.19. The van der Waals surface area contributed by atoms with Crippen LogP contribution in [-0.2, 0) is 6.54 Å². The molecule has 1 aromatic carbocycles. The molecule has 4 heteroatoms. The van der Waals surface area contributed by atoms with Gasteiger partial charge in [0.15, 0.2) is 11.5 Å². The summed E-state index contributed by atoms with van der Waals surface area (Å²) in [5, 5.41) is 5.63. The van der Waals surface area contributed by atoms with E-state index in [0.717, 1.165) is 18.0 Å². The summed E-state index contributed by atoms with van der Waals surface area (Å²) < 4.78 is 10.9. The second kappa shape index (κ2) is 7.31. The third-order valence-corrected chi connectivity index (χ3v) is 4.17. The average Bonchev–Trinajstić information content (AvgIpc) is 2.99. The first-order valence-corrected chi connectivity index (χ1v) is 7.69. The largest absolute Gasteiger partial charge is 0.493 e. The minimum absolute atomic E-state index is 0.354. The van der Waals surface area contributed by atoms with Gasteiger partial charge in [0.05, 0.1) is 13.7 Å². The van der Waals surface area contributed by atoms with Crippen LogP contribution in [0.5, 0.6) is 11.5 Å². The number of rotatable bonds is 7. The monoisotopic (exact) mass is 291 g/mol. The van der Waals surface area contributed by atoms with Gasteiger partial charge in [0.2, 0.25) is 0 Å². The lowest BCUT2D eigenvalue weighted by Gasteiger charge is -2.14. The fourth-order valence-corrected chi connectivity index (χ4v) is 2.77. The summed E-state index contributed by atoms with van der Waals surface area (Å²) in [6, 6.07) is 10.7. The van der Waals surface area contributed by atoms with Gasteiger partial charge < -0.3 is 14.8 Å². The van der Waals surface area contributed by atoms with Crippen LogP contribution in [0.15, 0.2) is 35.7 Å². The van der Waals surface area contributed by atoms with Crippen LogP contribution in [0.25, 0.3) is 0 Å². The van der Waals surface area contributed by atoms with Crippen molar-refractivity contribution in [2.24, 2.45) is 0 Å². The summed E-state index contributed by atoms with van der Waals surface area (Å²) >= 11 is 1.78. The molecule has 3 nitrogen and oxygen atoms in total. The van der Waals surface area contributed by atoms with Crippen molar-refractivity contribution >= 4 is 11.3 Å². The van der Waals surface area contributed by atoms with Gasteiger partial charge in [-0.15, -0.1) is 11.3 Å². The number of nitrogens with one attached hydrogen (secondary N) is 1. The maximum Gasteiger partial charge on any atom is 0.161 e. The van der Waals surface area contributed by atoms with Crippen molar-refractivity contribution in [2.45, 2.75) is 26.4 Å². The van der Waals surface area contributed by atoms with Crippen LogP contribution >= 0.6 is 11.3 Å². The van der Waals surface area contributed by atoms with E-state index in [1.807, 2.05) is 19.1 Å². The zero-order chi connectivity index (χ0) is 14.4. The Bertz CT molecular complexity index is 525. The Hall–Kier alpha value is -1.52. The maximum absolute atomic E-state index is 5.60. The van der Waals surface area contributed by atoms with Gasteiger partial charge in [0.25, 0.3) is 0 Å². The molecule has 0 saturated heterocycles. The van der Waals surface area contributed by atoms with E-state index in [2.05, 4.69) is 35.8 Å². The summed E-state index contributed by atoms with van der Waals surface area (Å²) in [6.45, 7) is 5.60. The van der Waals surface area contributed by atoms with Gasteiger partial charge in [-0.3, -0.25) is 0 Å². The molecule has 0 aliphatic rings. The smallest absolute Gasteiger partial charge is 0.161 e. The molecule has 0 radical (unpaired) electrons. The molecule has 0 aliphatic heterocycles. The molecule has 2 rings (SSSR count). The summed E-state index contributed by atoms with van der Waals surface area (Å²) in [5.74, 6) is 1.58. The maximum atomic E-state index is 5.60. The predicted octanol–water partition coefficient (Wildman–Crippen LogP) is 4.01. The number of methoxy groups -OCH3 is 1. The Kier molecular flexibility index (Phi) is 5.44. The average molecular weight is 291 g/mol. The molecule has 2 aromatic rings. The highest BCUT2D eigenvalue weighted by Crippen LogP contribution is 2.28. The molecule has 0 spiro atoms. The number of thiophene rings is 1. The van der Waals surface area contributed by atoms with Crippen molar-refractivity contribution in [1.82, 2.24) is 5.32 Å². The molecule has 0 aliphatic carbocycles. The molecule has 1 aromatic heterocycles. The molecular weight excluding hydrogens is 270 g/mol. The third kappa shape index (κ3) is 3.74. The lowest BCUT2D eigenvalue weighted by atomic mass is 10.2. The Balaban J connectivity index is 2.00. The van der Waals surface area contributed by atoms with Crippen LogP contribution in [0.3, 0.4) is 0 Å². The van der Waals surface area contributed by atoms with Crippen LogP contribution in [0, 0.1) is 0 Å². The van der Waals surface area contributed by atoms with Gasteiger partial charge in [-0.2, -0.15) is 0 Å². The van der Waals surface area contributed by atoms with Gasteiger partial charge >= 0.3 is 0 Å². The SMILES string of the molecule is CCOc1cc(CN[C@@H](C)c2cccs2)ccc1OC. The van der Waals surface area contributed by atoms with E-state index in [1.54, 1.807) is 18.4 Å². The van der Waals surface area contributed by atoms with Gasteiger partial charge in [0, 0.05) is 17.5 Å². The first-order valence-electron chi connectivity index (χ1n) is 6.81. The van der Waals surface area contributed by atoms with E-state index in [-0.39, 0.29) is 0 Å². The highest BCUT2D eigenvalue weighted by atomic mass is 32.1. The van der Waals surface area contributed by atoms with Crippen molar-refractivity contribution in [2.75, 3.05) is 13.7 Å². The van der Waals surface area contributed by atoms with Crippen molar-refractivity contribution in [3.05, 3.63) is 46.2 Å². The Morgan fingerprint density at radius 3 is 2.75 bits per heavy atom. The molecule has 0 bridgehead atoms. The van der Waals surface area contributed by atoms with Crippen LogP contribution in [0.4, 0.5) is 0 Å². The molecule has 0 fully saturated rings. The van der Waals surface area contributed by atoms with Crippen molar-refractivity contribution in [1.29, 1.82) is 0 Å². The molecule has 0 amide bonds. The fraction of sp³-hybridized carbons (Fsp3) is 0.375. The summed E-state index contributed by atoms with van der Waals surface area (Å²) in [6.07, 6.45) is 0. The second-order valence-electron chi connectivity index (χ2n) is 4.54. The molecule has 0 unspecified atom stereocenters. The molecular formula is C16H21NO2S. The molecule has 1 N–H and O–H groups in total. The van der Waals surface area contributed by atoms with Crippen molar-refractivity contribution in [3.63, 3.8) is 0 Å². The zero-order valence-electron chi connectivity index (χ0n) is 12.2. The van der Waals surface area contributed by atoms with Gasteiger partial charge in [0.1, 0.15) is 0 Å². The lowest BCUT2D eigenvalue weighted by molar-refractivity contribution is 0.310. The highest BCUT2D eigenvalue weighted by Gasteiger charge is 2.08. The van der Waals surface area contributed by atoms with Gasteiger partial charge in [-0.1, -0.05) is 12.1 Å². The normalized spacial score (nSPS) is 12.2. The number of hydrogen-bond donors (Lipinski definition) is 1. The first kappa shape index (κ1) is 14.9. The topological polar surface area (TPSA) is 30.5 Å². The minimum atomic E-state index is 0.354. The quantitative estimate of drug-likeness (QED) is 0.836. The van der Waals surface area contributed by atoms with Crippen molar-refractivity contribution in [3.8, 4) is 11.5 Å². The van der Waals surface area contributed by atoms with E-state index in [4.69, 9.17) is 9.47 Å². The Labute approximate surface area is 124 Å². The Morgan fingerprint density at radius 1 is 1.25 bits per heavy atom. The van der Waals surface area contributed by atoms with Gasteiger partial charge in [-0.25, -0.2) is 0 Å². The van der Waals surface area contributed by atoms with E-state index in [0.29, 0.717) is 12.6 Å². The van der Waals surface area contributed by atoms with E-state index in [9.17, 15) is 0 Å². The number of benzene rings is 1. The zero-order valence-corrected chi connectivity index (χ0v) is 13.0. The summed E-state index contributed by atoms with van der Waals surface area (Å²) in [4.78, 5) is 1.35. The molecule has 108 valence electrons. The predicted molar refractivity (Wildman–Crippen MR) is 83.7 cm³/mol. The lowest BCUT2D eigenvalue weighted by Crippen LogP contribution is -2.17. The summed E-state index contributed by atoms with van der Waals surface area (Å²) in [7, 11) is 1.66. The van der Waals surface area contributed by atoms with Crippen molar-refractivity contribution < 1.29 is 9.47 Å². The van der Waals surface area contributed by atoms with Crippen LogP contribution in [-0.4, -0.2) is 13.7 Å². The van der Waals surface area contributed by atoms with Crippen LogP contribution in [0.2, 0.25) is 0 Å². The number of hydrogen-bond acceptors (Lipinski definition) is 4. The third-order valence-electron chi connectivity index (χ3n) is 3.11. The second-order valence-corrected chi connectivity index (χ2v) is 5.52. The number of ether oxygens (including phenoxy) is 2. The molecule has 1 atom stereocenters. The standard InChI is InChI=1S/C16H21NO2S/c1-4-19-15-10-13(7-8-14(15)18-3)11-17-12(2)16-6-5-9-20-16/h5-10,12,17H,4,11H2,1-3H3/t12-/m0/s1. The molecule has 20 heavy (non-hydrogen) atoms. The first-order chi connectivity index (χ1) is 9.74. The van der Waals surface area contributed by atoms with Crippen LogP contribution in [0.1, 0.15) is 30.3 Å². The van der Waals surface area contributed by atoms with Gasteiger partial charge in [-0.05, 0) is 43.0 Å². The highest BCUT2D eigenvalue weighted by molar-refractivity contribution is 7.10. The molecule has 0 saturated carbocycles. The molecule has 1 heterocycles. The fourth-order valence-electron chi connectivity index (χ4n) is 2.01. The van der Waals surface area contributed by atoms with E-state index >= 15 is 0 Å². The van der Waals surface area contributed by atoms with E-state index in [1.165, 1.54) is 10.4 Å². The van der Waals surface area contributed by atoms with Crippen LogP contribution < -0.4 is 14.8 Å². The van der Waals surface area contributed by atoms with E-state index < -0.39 is 0 Å². The Morgan fingerprint density at radius 2 is 2.10 bits per heavy atom. The minimum Gasteiger partial charge on any atom is -0.493 e.